The molecule has 2 atom stereocenters. The van der Waals surface area contributed by atoms with E-state index in [1.165, 1.54) is 10.4 Å². The van der Waals surface area contributed by atoms with Crippen LogP contribution in [0.2, 0.25) is 0 Å². The van der Waals surface area contributed by atoms with Crippen LogP contribution in [0.4, 0.5) is 0 Å². The molecular weight excluding hydrogens is 252 g/mol. The Morgan fingerprint density at radius 1 is 1.26 bits per heavy atom. The van der Waals surface area contributed by atoms with Crippen molar-refractivity contribution in [1.82, 2.24) is 0 Å². The molecule has 2 heteroatoms. The second kappa shape index (κ2) is 5.10. The zero-order chi connectivity index (χ0) is 13.3. The maximum absolute atomic E-state index is 11.0. The van der Waals surface area contributed by atoms with Crippen molar-refractivity contribution in [3.63, 3.8) is 0 Å². The van der Waals surface area contributed by atoms with Gasteiger partial charge in [0.15, 0.2) is 0 Å². The summed E-state index contributed by atoms with van der Waals surface area (Å²) in [6.07, 6.45) is 3.77. The molecule has 0 bridgehead atoms. The van der Waals surface area contributed by atoms with E-state index in [1.54, 1.807) is 11.3 Å². The number of thiophene rings is 1. The van der Waals surface area contributed by atoms with Crippen LogP contribution in [-0.4, -0.2) is 5.11 Å². The Labute approximate surface area is 118 Å². The van der Waals surface area contributed by atoms with Crippen molar-refractivity contribution >= 4 is 11.3 Å². The second-order valence-electron chi connectivity index (χ2n) is 5.64. The Kier molecular flexibility index (Phi) is 3.46. The molecule has 2 unspecified atom stereocenters. The Hall–Kier alpha value is -1.12. The first-order valence-corrected chi connectivity index (χ1v) is 7.91. The normalized spacial score (nSPS) is 26.1. The van der Waals surface area contributed by atoms with Crippen LogP contribution in [0, 0.1) is 0 Å². The monoisotopic (exact) mass is 272 g/mol. The van der Waals surface area contributed by atoms with E-state index in [0.29, 0.717) is 5.92 Å². The van der Waals surface area contributed by atoms with E-state index in [0.717, 1.165) is 31.2 Å². The molecule has 1 aliphatic rings. The van der Waals surface area contributed by atoms with Crippen molar-refractivity contribution in [3.05, 3.63) is 57.8 Å². The molecule has 0 aliphatic heterocycles. The van der Waals surface area contributed by atoms with Crippen molar-refractivity contribution in [2.45, 2.75) is 44.1 Å². The van der Waals surface area contributed by atoms with Crippen molar-refractivity contribution in [2.75, 3.05) is 0 Å². The highest BCUT2D eigenvalue weighted by atomic mass is 32.1. The average molecular weight is 272 g/mol. The molecule has 1 N–H and O–H groups in total. The molecule has 0 saturated heterocycles. The van der Waals surface area contributed by atoms with Crippen LogP contribution in [0.1, 0.15) is 48.1 Å². The Morgan fingerprint density at radius 3 is 2.89 bits per heavy atom. The minimum Gasteiger partial charge on any atom is -0.385 e. The summed E-state index contributed by atoms with van der Waals surface area (Å²) in [7, 11) is 0. The minimum absolute atomic E-state index is 0.568. The summed E-state index contributed by atoms with van der Waals surface area (Å²) in [5, 5.41) is 13.2. The van der Waals surface area contributed by atoms with Gasteiger partial charge in [0.05, 0.1) is 5.60 Å². The zero-order valence-electron chi connectivity index (χ0n) is 11.3. The highest BCUT2D eigenvalue weighted by Crippen LogP contribution is 2.43. The van der Waals surface area contributed by atoms with Gasteiger partial charge in [-0.15, -0.1) is 11.3 Å². The first kappa shape index (κ1) is 12.9. The fourth-order valence-electron chi connectivity index (χ4n) is 3.14. The molecule has 2 aromatic rings. The molecule has 19 heavy (non-hydrogen) atoms. The Morgan fingerprint density at radius 2 is 2.11 bits per heavy atom. The number of aryl methyl sites for hydroxylation is 1. The smallest absolute Gasteiger partial charge is 0.0903 e. The van der Waals surface area contributed by atoms with Crippen LogP contribution in [0.25, 0.3) is 0 Å². The summed E-state index contributed by atoms with van der Waals surface area (Å²) in [4.78, 5) is 1.37. The molecule has 100 valence electrons. The molecule has 0 saturated carbocycles. The average Bonchev–Trinajstić information content (AvgIpc) is 2.95. The SMILES string of the molecule is CC1CCC(O)(CCc2cccs2)c2ccccc21. The lowest BCUT2D eigenvalue weighted by molar-refractivity contribution is 0.00751. The van der Waals surface area contributed by atoms with Gasteiger partial charge in [-0.25, -0.2) is 0 Å². The van der Waals surface area contributed by atoms with Gasteiger partial charge in [-0.3, -0.25) is 0 Å². The third-order valence-electron chi connectivity index (χ3n) is 4.35. The summed E-state index contributed by atoms with van der Waals surface area (Å²) in [5.74, 6) is 0.568. The predicted molar refractivity (Wildman–Crippen MR) is 80.6 cm³/mol. The molecule has 1 aromatic carbocycles. The number of hydrogen-bond acceptors (Lipinski definition) is 2. The van der Waals surface area contributed by atoms with Crippen molar-refractivity contribution < 1.29 is 5.11 Å². The number of aliphatic hydroxyl groups is 1. The molecule has 0 fully saturated rings. The van der Waals surface area contributed by atoms with Crippen molar-refractivity contribution in [3.8, 4) is 0 Å². The van der Waals surface area contributed by atoms with Gasteiger partial charge in [-0.1, -0.05) is 37.3 Å². The molecule has 1 heterocycles. The van der Waals surface area contributed by atoms with Crippen LogP contribution in [-0.2, 0) is 12.0 Å². The van der Waals surface area contributed by atoms with E-state index in [4.69, 9.17) is 0 Å². The van der Waals surface area contributed by atoms with Gasteiger partial charge in [-0.2, -0.15) is 0 Å². The summed E-state index contributed by atoms with van der Waals surface area (Å²) in [5.41, 5.74) is 1.86. The lowest BCUT2D eigenvalue weighted by Gasteiger charge is -2.37. The maximum Gasteiger partial charge on any atom is 0.0903 e. The quantitative estimate of drug-likeness (QED) is 0.874. The molecule has 1 nitrogen and oxygen atoms in total. The lowest BCUT2D eigenvalue weighted by Crippen LogP contribution is -2.32. The molecule has 3 rings (SSSR count). The Bertz CT molecular complexity index is 546. The second-order valence-corrected chi connectivity index (χ2v) is 6.67. The number of hydrogen-bond donors (Lipinski definition) is 1. The van der Waals surface area contributed by atoms with Crippen LogP contribution in [0.3, 0.4) is 0 Å². The largest absolute Gasteiger partial charge is 0.385 e. The molecule has 0 amide bonds. The van der Waals surface area contributed by atoms with Crippen LogP contribution in [0.15, 0.2) is 41.8 Å². The van der Waals surface area contributed by atoms with E-state index in [9.17, 15) is 5.11 Å². The third-order valence-corrected chi connectivity index (χ3v) is 5.29. The molecule has 0 spiro atoms. The van der Waals surface area contributed by atoms with Gasteiger partial charge in [0.2, 0.25) is 0 Å². The topological polar surface area (TPSA) is 20.2 Å². The number of benzene rings is 1. The van der Waals surface area contributed by atoms with Gasteiger partial charge in [-0.05, 0) is 54.2 Å². The van der Waals surface area contributed by atoms with Crippen LogP contribution < -0.4 is 0 Å². The molecule has 0 radical (unpaired) electrons. The summed E-state index contributed by atoms with van der Waals surface area (Å²) in [6.45, 7) is 2.26. The summed E-state index contributed by atoms with van der Waals surface area (Å²) in [6, 6.07) is 12.7. The van der Waals surface area contributed by atoms with Crippen LogP contribution in [0.5, 0.6) is 0 Å². The van der Waals surface area contributed by atoms with E-state index in [-0.39, 0.29) is 0 Å². The van der Waals surface area contributed by atoms with E-state index in [2.05, 4.69) is 42.6 Å². The van der Waals surface area contributed by atoms with Crippen molar-refractivity contribution in [1.29, 1.82) is 0 Å². The highest BCUT2D eigenvalue weighted by Gasteiger charge is 2.36. The third kappa shape index (κ3) is 2.47. The number of rotatable bonds is 3. The van der Waals surface area contributed by atoms with Crippen molar-refractivity contribution in [2.24, 2.45) is 0 Å². The summed E-state index contributed by atoms with van der Waals surface area (Å²) < 4.78 is 0. The van der Waals surface area contributed by atoms with Crippen LogP contribution >= 0.6 is 11.3 Å². The standard InChI is InChI=1S/C17H20OS/c1-13-8-10-17(18,11-9-14-5-4-12-19-14)16-7-3-2-6-15(13)16/h2-7,12-13,18H,8-11H2,1H3. The minimum atomic E-state index is -0.632. The van der Waals surface area contributed by atoms with Gasteiger partial charge < -0.3 is 5.11 Å². The zero-order valence-corrected chi connectivity index (χ0v) is 12.1. The van der Waals surface area contributed by atoms with Gasteiger partial charge in [0.1, 0.15) is 0 Å². The first-order valence-electron chi connectivity index (χ1n) is 7.03. The van der Waals surface area contributed by atoms with Gasteiger partial charge in [0.25, 0.3) is 0 Å². The fourth-order valence-corrected chi connectivity index (χ4v) is 3.85. The summed E-state index contributed by atoms with van der Waals surface area (Å²) >= 11 is 1.78. The van der Waals surface area contributed by atoms with Gasteiger partial charge in [0, 0.05) is 4.88 Å². The first-order chi connectivity index (χ1) is 9.19. The van der Waals surface area contributed by atoms with E-state index < -0.39 is 5.60 Å². The molecule has 1 aliphatic carbocycles. The number of fused-ring (bicyclic) bond motifs is 1. The highest BCUT2D eigenvalue weighted by molar-refractivity contribution is 7.09. The van der Waals surface area contributed by atoms with Gasteiger partial charge >= 0.3 is 0 Å². The van der Waals surface area contributed by atoms with E-state index >= 15 is 0 Å². The Balaban J connectivity index is 1.85. The molecule has 1 aromatic heterocycles. The molecular formula is C17H20OS. The maximum atomic E-state index is 11.0. The fraction of sp³-hybridized carbons (Fsp3) is 0.412. The lowest BCUT2D eigenvalue weighted by atomic mass is 9.72. The van der Waals surface area contributed by atoms with E-state index in [1.807, 2.05) is 6.07 Å². The predicted octanol–water partition coefficient (Wildman–Crippen LogP) is 4.47.